The monoisotopic (exact) mass is 458 g/mol. The van der Waals surface area contributed by atoms with Crippen LogP contribution < -0.4 is 15.5 Å². The van der Waals surface area contributed by atoms with Crippen LogP contribution in [0.2, 0.25) is 0 Å². The molecule has 0 bridgehead atoms. The van der Waals surface area contributed by atoms with Crippen molar-refractivity contribution in [2.24, 2.45) is 21.3 Å². The molecule has 8 nitrogen and oxygen atoms in total. The predicted octanol–water partition coefficient (Wildman–Crippen LogP) is 3.42. The minimum atomic E-state index is -0.275. The van der Waals surface area contributed by atoms with E-state index in [-0.39, 0.29) is 24.0 Å². The predicted molar refractivity (Wildman–Crippen MR) is 130 cm³/mol. The number of benzene rings is 1. The van der Waals surface area contributed by atoms with Crippen LogP contribution in [0.1, 0.15) is 68.3 Å². The number of carbonyl (C=O) groups is 1. The van der Waals surface area contributed by atoms with Crippen molar-refractivity contribution in [3.63, 3.8) is 0 Å². The van der Waals surface area contributed by atoms with Crippen LogP contribution in [0.15, 0.2) is 28.2 Å². The third-order valence-corrected chi connectivity index (χ3v) is 6.39. The Hall–Kier alpha value is -2.61. The number of aliphatic hydroxyl groups excluding tert-OH is 1. The van der Waals surface area contributed by atoms with Gasteiger partial charge in [-0.05, 0) is 82.1 Å². The zero-order valence-corrected chi connectivity index (χ0v) is 20.1. The van der Waals surface area contributed by atoms with Crippen molar-refractivity contribution in [2.75, 3.05) is 26.3 Å². The highest BCUT2D eigenvalue weighted by Crippen LogP contribution is 2.46. The van der Waals surface area contributed by atoms with Crippen molar-refractivity contribution in [3.8, 4) is 5.75 Å². The fraction of sp³-hybridized carbons (Fsp3) is 0.640. The smallest absolute Gasteiger partial charge is 0.251 e. The Kier molecular flexibility index (Phi) is 9.11. The Morgan fingerprint density at radius 2 is 2.15 bits per heavy atom. The van der Waals surface area contributed by atoms with E-state index in [9.17, 15) is 4.79 Å². The van der Waals surface area contributed by atoms with Crippen molar-refractivity contribution in [2.45, 2.75) is 65.3 Å². The average Bonchev–Trinajstić information content (AvgIpc) is 3.55. The maximum absolute atomic E-state index is 12.3. The number of nitrogens with zero attached hydrogens (tertiary/aromatic N) is 2. The van der Waals surface area contributed by atoms with E-state index < -0.39 is 0 Å². The fourth-order valence-electron chi connectivity index (χ4n) is 3.86. The molecule has 2 aliphatic rings. The van der Waals surface area contributed by atoms with Crippen LogP contribution in [0.4, 0.5) is 0 Å². The topological polar surface area (TPSA) is 105 Å². The Balaban J connectivity index is 1.45. The molecule has 3 N–H and O–H groups in total. The van der Waals surface area contributed by atoms with Crippen LogP contribution in [0.5, 0.6) is 5.75 Å². The van der Waals surface area contributed by atoms with Gasteiger partial charge in [0.25, 0.3) is 5.91 Å². The molecule has 1 aromatic rings. The quantitative estimate of drug-likeness (QED) is 0.492. The highest BCUT2D eigenvalue weighted by molar-refractivity contribution is 5.96. The maximum atomic E-state index is 12.3. The van der Waals surface area contributed by atoms with Crippen LogP contribution in [0.25, 0.3) is 0 Å². The van der Waals surface area contributed by atoms with Crippen molar-refractivity contribution < 1.29 is 19.5 Å². The lowest BCUT2D eigenvalue weighted by molar-refractivity contribution is 0.0921. The summed E-state index contributed by atoms with van der Waals surface area (Å²) in [7, 11) is 0. The second-order valence-corrected chi connectivity index (χ2v) is 9.47. The van der Waals surface area contributed by atoms with Crippen molar-refractivity contribution >= 4 is 18.1 Å². The number of ether oxygens (including phenoxy) is 1. The van der Waals surface area contributed by atoms with Gasteiger partial charge in [-0.15, -0.1) is 0 Å². The molecule has 8 heteroatoms. The SMILES string of the molecule is Cc1cc(OCCCC2CCN=CNOC(C3(C)CC3)=NCC2)ccc1C(=O)NC(C)CO. The molecule has 1 aromatic carbocycles. The summed E-state index contributed by atoms with van der Waals surface area (Å²) in [6, 6.07) is 5.22. The van der Waals surface area contributed by atoms with E-state index in [2.05, 4.69) is 22.7 Å². The van der Waals surface area contributed by atoms with Crippen LogP contribution in [-0.2, 0) is 4.84 Å². The Bertz CT molecular complexity index is 851. The van der Waals surface area contributed by atoms with Crippen LogP contribution in [0.3, 0.4) is 0 Å². The van der Waals surface area contributed by atoms with Crippen LogP contribution in [-0.4, -0.2) is 55.6 Å². The third-order valence-electron chi connectivity index (χ3n) is 6.39. The number of carbonyl (C=O) groups excluding carboxylic acids is 1. The molecule has 1 aliphatic carbocycles. The minimum absolute atomic E-state index is 0.0864. The summed E-state index contributed by atoms with van der Waals surface area (Å²) in [5.74, 6) is 1.93. The summed E-state index contributed by atoms with van der Waals surface area (Å²) in [5, 5.41) is 11.9. The molecule has 1 fully saturated rings. The van der Waals surface area contributed by atoms with E-state index in [1.807, 2.05) is 19.1 Å². The van der Waals surface area contributed by atoms with Gasteiger partial charge in [0, 0.05) is 30.1 Å². The standard InChI is InChI=1S/C25H38N4O4/c1-18-15-21(6-7-22(18)23(31)29-19(2)16-30)32-14-4-5-20-8-12-26-17-28-33-24(27-13-9-20)25(3)10-11-25/h6-7,15,17,19-20,30H,4-5,8-14,16H2,1-3H3,(H,26,28)(H,29,31). The molecule has 3 rings (SSSR count). The number of aliphatic imine (C=N–C) groups is 2. The third kappa shape index (κ3) is 7.74. The summed E-state index contributed by atoms with van der Waals surface area (Å²) in [4.78, 5) is 27.1. The number of hydrogen-bond acceptors (Lipinski definition) is 7. The first-order valence-corrected chi connectivity index (χ1v) is 12.0. The number of rotatable bonds is 9. The van der Waals surface area contributed by atoms with Gasteiger partial charge in [0.2, 0.25) is 5.90 Å². The zero-order valence-electron chi connectivity index (χ0n) is 20.1. The summed E-state index contributed by atoms with van der Waals surface area (Å²) in [6.07, 6.45) is 7.93. The molecule has 1 amide bonds. The van der Waals surface area contributed by atoms with Crippen molar-refractivity contribution in [1.29, 1.82) is 0 Å². The largest absolute Gasteiger partial charge is 0.494 e. The van der Waals surface area contributed by atoms with Gasteiger partial charge in [-0.3, -0.25) is 14.8 Å². The molecule has 1 heterocycles. The summed E-state index contributed by atoms with van der Waals surface area (Å²) in [6.45, 7) is 7.93. The Morgan fingerprint density at radius 1 is 1.36 bits per heavy atom. The molecule has 1 saturated carbocycles. The van der Waals surface area contributed by atoms with Crippen LogP contribution >= 0.6 is 0 Å². The molecule has 0 aromatic heterocycles. The number of nitrogens with one attached hydrogen (secondary N) is 2. The molecule has 1 aliphatic heterocycles. The number of hydrogen-bond donors (Lipinski definition) is 3. The number of aryl methyl sites for hydroxylation is 1. The zero-order chi connectivity index (χ0) is 23.7. The summed E-state index contributed by atoms with van der Waals surface area (Å²) < 4.78 is 5.95. The van der Waals surface area contributed by atoms with Gasteiger partial charge in [0.05, 0.1) is 13.2 Å². The lowest BCUT2D eigenvalue weighted by atomic mass is 9.96. The molecule has 0 spiro atoms. The van der Waals surface area contributed by atoms with Crippen LogP contribution in [0, 0.1) is 18.3 Å². The first-order valence-electron chi connectivity index (χ1n) is 12.0. The summed E-state index contributed by atoms with van der Waals surface area (Å²) in [5.41, 5.74) is 4.35. The summed E-state index contributed by atoms with van der Waals surface area (Å²) >= 11 is 0. The lowest BCUT2D eigenvalue weighted by Crippen LogP contribution is -2.35. The van der Waals surface area contributed by atoms with E-state index in [4.69, 9.17) is 19.7 Å². The van der Waals surface area contributed by atoms with E-state index in [1.54, 1.807) is 19.3 Å². The van der Waals surface area contributed by atoms with Gasteiger partial charge < -0.3 is 20.0 Å². The molecule has 33 heavy (non-hydrogen) atoms. The van der Waals surface area contributed by atoms with Gasteiger partial charge in [-0.25, -0.2) is 5.48 Å². The molecule has 2 unspecified atom stereocenters. The second-order valence-electron chi connectivity index (χ2n) is 9.47. The van der Waals surface area contributed by atoms with Gasteiger partial charge in [0.15, 0.2) is 0 Å². The van der Waals surface area contributed by atoms with Gasteiger partial charge in [-0.1, -0.05) is 6.92 Å². The normalized spacial score (nSPS) is 21.0. The number of amides is 1. The Morgan fingerprint density at radius 3 is 2.88 bits per heavy atom. The van der Waals surface area contributed by atoms with E-state index in [1.165, 1.54) is 0 Å². The average molecular weight is 459 g/mol. The number of aliphatic hydroxyl groups is 1. The molecule has 0 saturated heterocycles. The van der Waals surface area contributed by atoms with E-state index in [0.29, 0.717) is 18.1 Å². The lowest BCUT2D eigenvalue weighted by Gasteiger charge is -2.16. The fourth-order valence-corrected chi connectivity index (χ4v) is 3.86. The maximum Gasteiger partial charge on any atom is 0.251 e. The second kappa shape index (κ2) is 12.0. The minimum Gasteiger partial charge on any atom is -0.494 e. The highest BCUT2D eigenvalue weighted by atomic mass is 16.7. The van der Waals surface area contributed by atoms with Gasteiger partial charge >= 0.3 is 0 Å². The molecule has 182 valence electrons. The van der Waals surface area contributed by atoms with Gasteiger partial charge in [-0.2, -0.15) is 0 Å². The molecule has 2 atom stereocenters. The first-order chi connectivity index (χ1) is 15.9. The van der Waals surface area contributed by atoms with Crippen molar-refractivity contribution in [3.05, 3.63) is 29.3 Å². The molecular weight excluding hydrogens is 420 g/mol. The Labute approximate surface area is 196 Å². The number of hydroxylamine groups is 1. The van der Waals surface area contributed by atoms with Gasteiger partial charge in [0.1, 0.15) is 12.1 Å². The van der Waals surface area contributed by atoms with E-state index >= 15 is 0 Å². The first kappa shape index (κ1) is 25.0. The van der Waals surface area contributed by atoms with E-state index in [0.717, 1.165) is 68.8 Å². The highest BCUT2D eigenvalue weighted by Gasteiger charge is 2.45. The molecular formula is C25H38N4O4. The van der Waals surface area contributed by atoms with Crippen molar-refractivity contribution in [1.82, 2.24) is 10.8 Å². The molecule has 0 radical (unpaired) electrons.